The zero-order valence-corrected chi connectivity index (χ0v) is 18.0. The Morgan fingerprint density at radius 2 is 2.16 bits per heavy atom. The number of hydrogen-bond acceptors (Lipinski definition) is 6. The Balaban J connectivity index is 1.64. The van der Waals surface area contributed by atoms with Crippen LogP contribution in [0.1, 0.15) is 37.2 Å². The molecular formula is C23H24N6O3. The van der Waals surface area contributed by atoms with Crippen molar-refractivity contribution < 1.29 is 14.1 Å². The molecular weight excluding hydrogens is 408 g/mol. The molecule has 1 fully saturated rings. The summed E-state index contributed by atoms with van der Waals surface area (Å²) < 4.78 is 6.85. The summed E-state index contributed by atoms with van der Waals surface area (Å²) in [7, 11) is 0. The maximum absolute atomic E-state index is 13.1. The van der Waals surface area contributed by atoms with Crippen LogP contribution in [0.15, 0.2) is 52.7 Å². The number of nitriles is 1. The van der Waals surface area contributed by atoms with E-state index in [9.17, 15) is 14.9 Å². The number of imidazole rings is 1. The van der Waals surface area contributed by atoms with E-state index in [1.54, 1.807) is 11.0 Å². The number of para-hydroxylation sites is 2. The van der Waals surface area contributed by atoms with E-state index in [1.165, 1.54) is 12.3 Å². The average Bonchev–Trinajstić information content (AvgIpc) is 3.53. The summed E-state index contributed by atoms with van der Waals surface area (Å²) in [5.41, 5.74) is 1.74. The number of anilines is 1. The highest BCUT2D eigenvalue weighted by atomic mass is 16.5. The first kappa shape index (κ1) is 21.3. The lowest BCUT2D eigenvalue weighted by molar-refractivity contribution is -0.127. The van der Waals surface area contributed by atoms with Gasteiger partial charge in [-0.2, -0.15) is 5.26 Å². The van der Waals surface area contributed by atoms with Crippen LogP contribution in [0.5, 0.6) is 0 Å². The van der Waals surface area contributed by atoms with Gasteiger partial charge in [0.25, 0.3) is 11.8 Å². The molecule has 3 heterocycles. The van der Waals surface area contributed by atoms with Gasteiger partial charge in [0, 0.05) is 19.2 Å². The van der Waals surface area contributed by atoms with Crippen LogP contribution in [0.2, 0.25) is 0 Å². The van der Waals surface area contributed by atoms with Crippen LogP contribution in [0.25, 0.3) is 11.0 Å². The number of hydrogen-bond donors (Lipinski definition) is 1. The molecule has 0 unspecified atom stereocenters. The third kappa shape index (κ3) is 4.25. The van der Waals surface area contributed by atoms with Crippen LogP contribution in [-0.4, -0.2) is 44.0 Å². The number of benzene rings is 1. The van der Waals surface area contributed by atoms with Crippen LogP contribution >= 0.6 is 0 Å². The maximum Gasteiger partial charge on any atom is 0.296 e. The van der Waals surface area contributed by atoms with Crippen molar-refractivity contribution in [2.45, 2.75) is 39.3 Å². The zero-order chi connectivity index (χ0) is 22.7. The summed E-state index contributed by atoms with van der Waals surface area (Å²) in [6.45, 7) is 4.91. The van der Waals surface area contributed by atoms with Crippen molar-refractivity contribution in [2.24, 2.45) is 5.92 Å². The minimum Gasteiger partial charge on any atom is -0.351 e. The van der Waals surface area contributed by atoms with Crippen molar-refractivity contribution in [3.8, 4) is 6.07 Å². The van der Waals surface area contributed by atoms with E-state index in [0.29, 0.717) is 19.0 Å². The van der Waals surface area contributed by atoms with Gasteiger partial charge in [0.15, 0.2) is 0 Å². The SMILES string of the molecule is CC(C)/C=C(\C#N)C(=O)N1CCC[C@@H]1Cn1c(NC(=O)c2ccno2)nc2ccccc21. The largest absolute Gasteiger partial charge is 0.351 e. The van der Waals surface area contributed by atoms with E-state index in [2.05, 4.69) is 15.5 Å². The van der Waals surface area contributed by atoms with Crippen molar-refractivity contribution in [1.82, 2.24) is 19.6 Å². The minimum atomic E-state index is -0.454. The number of amides is 2. The van der Waals surface area contributed by atoms with Crippen LogP contribution < -0.4 is 5.32 Å². The van der Waals surface area contributed by atoms with Gasteiger partial charge in [-0.25, -0.2) is 4.98 Å². The molecule has 0 bridgehead atoms. The average molecular weight is 432 g/mol. The fourth-order valence-corrected chi connectivity index (χ4v) is 4.00. The zero-order valence-electron chi connectivity index (χ0n) is 18.0. The Morgan fingerprint density at radius 1 is 1.34 bits per heavy atom. The monoisotopic (exact) mass is 432 g/mol. The summed E-state index contributed by atoms with van der Waals surface area (Å²) >= 11 is 0. The Kier molecular flexibility index (Phi) is 6.03. The van der Waals surface area contributed by atoms with Gasteiger partial charge in [-0.15, -0.1) is 0 Å². The molecule has 1 N–H and O–H groups in total. The first-order chi connectivity index (χ1) is 15.5. The number of allylic oxidation sites excluding steroid dienone is 1. The Hall–Kier alpha value is -3.93. The number of carbonyl (C=O) groups excluding carboxylic acids is 2. The number of aromatic nitrogens is 3. The van der Waals surface area contributed by atoms with Gasteiger partial charge in [-0.05, 0) is 30.9 Å². The summed E-state index contributed by atoms with van der Waals surface area (Å²) in [6.07, 6.45) is 4.75. The van der Waals surface area contributed by atoms with Crippen LogP contribution in [0, 0.1) is 17.2 Å². The molecule has 32 heavy (non-hydrogen) atoms. The predicted octanol–water partition coefficient (Wildman–Crippen LogP) is 3.37. The number of nitrogens with one attached hydrogen (secondary N) is 1. The van der Waals surface area contributed by atoms with Gasteiger partial charge in [-0.1, -0.05) is 37.2 Å². The predicted molar refractivity (Wildman–Crippen MR) is 117 cm³/mol. The lowest BCUT2D eigenvalue weighted by atomic mass is 10.1. The molecule has 0 spiro atoms. The standard InChI is InChI=1S/C23H24N6O3/c1-15(2)12-16(13-24)22(31)28-11-5-6-17(28)14-29-19-8-4-3-7-18(19)26-23(29)27-21(30)20-9-10-25-32-20/h3-4,7-10,12,15,17H,5-6,11,14H2,1-2H3,(H,26,27,30)/b16-12+/t17-/m1/s1. The molecule has 1 atom stereocenters. The number of rotatable bonds is 6. The van der Waals surface area contributed by atoms with Gasteiger partial charge in [0.05, 0.1) is 23.3 Å². The topological polar surface area (TPSA) is 117 Å². The van der Waals surface area contributed by atoms with E-state index in [-0.39, 0.29) is 29.2 Å². The van der Waals surface area contributed by atoms with Crippen LogP contribution in [-0.2, 0) is 11.3 Å². The fraction of sp³-hybridized carbons (Fsp3) is 0.348. The van der Waals surface area contributed by atoms with Crippen LogP contribution in [0.4, 0.5) is 5.95 Å². The number of nitrogens with zero attached hydrogens (tertiary/aromatic N) is 5. The quantitative estimate of drug-likeness (QED) is 0.471. The highest BCUT2D eigenvalue weighted by molar-refractivity contribution is 6.02. The van der Waals surface area contributed by atoms with Crippen molar-refractivity contribution >= 4 is 28.8 Å². The second kappa shape index (κ2) is 9.06. The Labute approximate surface area is 185 Å². The third-order valence-corrected chi connectivity index (χ3v) is 5.42. The molecule has 1 saturated heterocycles. The molecule has 0 aliphatic carbocycles. The lowest BCUT2D eigenvalue weighted by Crippen LogP contribution is -2.39. The molecule has 1 aromatic carbocycles. The van der Waals surface area contributed by atoms with E-state index in [0.717, 1.165) is 23.9 Å². The molecule has 1 aliphatic heterocycles. The molecule has 0 radical (unpaired) electrons. The van der Waals surface area contributed by atoms with Crippen molar-refractivity contribution in [3.05, 3.63) is 53.9 Å². The summed E-state index contributed by atoms with van der Waals surface area (Å²) in [6, 6.07) is 11.0. The second-order valence-electron chi connectivity index (χ2n) is 8.10. The normalized spacial score (nSPS) is 16.5. The molecule has 2 amide bonds. The number of fused-ring (bicyclic) bond motifs is 1. The molecule has 3 aromatic rings. The van der Waals surface area contributed by atoms with E-state index in [1.807, 2.05) is 48.7 Å². The highest BCUT2D eigenvalue weighted by Gasteiger charge is 2.32. The van der Waals surface area contributed by atoms with Gasteiger partial charge in [-0.3, -0.25) is 14.9 Å². The first-order valence-electron chi connectivity index (χ1n) is 10.6. The van der Waals surface area contributed by atoms with E-state index in [4.69, 9.17) is 4.52 Å². The molecule has 9 nitrogen and oxygen atoms in total. The number of likely N-dealkylation sites (tertiary alicyclic amines) is 1. The highest BCUT2D eigenvalue weighted by Crippen LogP contribution is 2.26. The number of carbonyl (C=O) groups is 2. The first-order valence-corrected chi connectivity index (χ1v) is 10.6. The molecule has 0 saturated carbocycles. The molecule has 164 valence electrons. The molecule has 2 aromatic heterocycles. The van der Waals surface area contributed by atoms with Crippen molar-refractivity contribution in [3.63, 3.8) is 0 Å². The van der Waals surface area contributed by atoms with Crippen molar-refractivity contribution in [2.75, 3.05) is 11.9 Å². The van der Waals surface area contributed by atoms with Gasteiger partial charge < -0.3 is 14.0 Å². The third-order valence-electron chi connectivity index (χ3n) is 5.42. The molecule has 4 rings (SSSR count). The van der Waals surface area contributed by atoms with Crippen molar-refractivity contribution in [1.29, 1.82) is 5.26 Å². The molecule has 1 aliphatic rings. The van der Waals surface area contributed by atoms with Gasteiger partial charge >= 0.3 is 0 Å². The minimum absolute atomic E-state index is 0.0822. The fourth-order valence-electron chi connectivity index (χ4n) is 4.00. The summed E-state index contributed by atoms with van der Waals surface area (Å²) in [4.78, 5) is 31.9. The maximum atomic E-state index is 13.1. The lowest BCUT2D eigenvalue weighted by Gasteiger charge is -2.26. The molecule has 9 heteroatoms. The Morgan fingerprint density at radius 3 is 2.88 bits per heavy atom. The van der Waals surface area contributed by atoms with Gasteiger partial charge in [0.1, 0.15) is 11.6 Å². The second-order valence-corrected chi connectivity index (χ2v) is 8.10. The Bertz CT molecular complexity index is 1200. The van der Waals surface area contributed by atoms with Gasteiger partial charge in [0.2, 0.25) is 11.7 Å². The smallest absolute Gasteiger partial charge is 0.296 e. The van der Waals surface area contributed by atoms with E-state index >= 15 is 0 Å². The van der Waals surface area contributed by atoms with E-state index < -0.39 is 5.91 Å². The van der Waals surface area contributed by atoms with Crippen LogP contribution in [0.3, 0.4) is 0 Å². The summed E-state index contributed by atoms with van der Waals surface area (Å²) in [5, 5.41) is 15.8. The summed E-state index contributed by atoms with van der Waals surface area (Å²) in [5.74, 6) is -0.153.